The first-order chi connectivity index (χ1) is 18.2. The van der Waals surface area contributed by atoms with Gasteiger partial charge in [-0.05, 0) is 32.3 Å². The second-order valence-electron chi connectivity index (χ2n) is 9.05. The molecule has 0 atom stereocenters. The minimum atomic E-state index is -1.09. The van der Waals surface area contributed by atoms with Crippen molar-refractivity contribution >= 4 is 46.0 Å². The van der Waals surface area contributed by atoms with Crippen LogP contribution in [0.2, 0.25) is 5.02 Å². The summed E-state index contributed by atoms with van der Waals surface area (Å²) in [5, 5.41) is 10.5. The maximum Gasteiger partial charge on any atom is 0.283 e. The number of nitrogens with one attached hydrogen (secondary N) is 2. The first-order valence-corrected chi connectivity index (χ1v) is 12.1. The minimum absolute atomic E-state index is 0.245. The summed E-state index contributed by atoms with van der Waals surface area (Å²) >= 11 is 6.46. The molecule has 4 heterocycles. The molecule has 1 saturated heterocycles. The smallest absolute Gasteiger partial charge is 0.283 e. The Labute approximate surface area is 223 Å². The van der Waals surface area contributed by atoms with Crippen molar-refractivity contribution < 1.29 is 13.9 Å². The van der Waals surface area contributed by atoms with Crippen molar-refractivity contribution in [3.8, 4) is 17.0 Å². The van der Waals surface area contributed by atoms with Gasteiger partial charge >= 0.3 is 0 Å². The van der Waals surface area contributed by atoms with Crippen LogP contribution in [0.25, 0.3) is 16.8 Å². The van der Waals surface area contributed by atoms with Gasteiger partial charge in [-0.2, -0.15) is 5.10 Å². The van der Waals surface area contributed by atoms with Crippen molar-refractivity contribution in [3.05, 3.63) is 66.4 Å². The van der Waals surface area contributed by atoms with Crippen LogP contribution in [-0.4, -0.2) is 70.7 Å². The molecule has 38 heavy (non-hydrogen) atoms. The Bertz CT molecular complexity index is 1530. The molecule has 1 aromatic carbocycles. The lowest BCUT2D eigenvalue weighted by atomic mass is 10.0. The van der Waals surface area contributed by atoms with E-state index in [4.69, 9.17) is 16.3 Å². The Kier molecular flexibility index (Phi) is 6.87. The van der Waals surface area contributed by atoms with Crippen molar-refractivity contribution in [1.29, 1.82) is 0 Å². The SMILES string of the molecule is C=C(F)C(=O)Nc1cc(Nc2ncc(Cl)c(-c3cnn4ccccc34)n2)c(OC)cc1N1CC(N(C)C)C1. The normalized spacial score (nSPS) is 13.5. The third-order valence-electron chi connectivity index (χ3n) is 6.42. The monoisotopic (exact) mass is 536 g/mol. The van der Waals surface area contributed by atoms with E-state index < -0.39 is 11.7 Å². The number of carbonyl (C=O) groups is 1. The van der Waals surface area contributed by atoms with Crippen molar-refractivity contribution in [2.45, 2.75) is 6.04 Å². The number of rotatable bonds is 8. The van der Waals surface area contributed by atoms with E-state index in [0.29, 0.717) is 39.6 Å². The molecule has 0 bridgehead atoms. The predicted octanol–water partition coefficient (Wildman–Crippen LogP) is 4.37. The Hall–Kier alpha value is -4.22. The zero-order chi connectivity index (χ0) is 27.0. The largest absolute Gasteiger partial charge is 0.494 e. The fraction of sp³-hybridized carbons (Fsp3) is 0.231. The third-order valence-corrected chi connectivity index (χ3v) is 6.69. The van der Waals surface area contributed by atoms with E-state index in [2.05, 4.69) is 42.1 Å². The standard InChI is InChI=1S/C26H26ClFN8O2/c1-15(28)25(37)31-19-9-20(23(38-4)10-22(19)35-13-16(14-35)34(2)3)32-26-29-12-18(27)24(33-26)17-11-30-36-8-6-5-7-21(17)36/h5-12,16H,1,13-14H2,2-4H3,(H,31,37)(H,29,32,33). The molecular weight excluding hydrogens is 511 g/mol. The molecule has 1 amide bonds. The van der Waals surface area contributed by atoms with Gasteiger partial charge in [-0.3, -0.25) is 4.79 Å². The summed E-state index contributed by atoms with van der Waals surface area (Å²) in [5.74, 6) is -1.28. The van der Waals surface area contributed by atoms with E-state index in [0.717, 1.165) is 24.2 Å². The summed E-state index contributed by atoms with van der Waals surface area (Å²) in [6.07, 6.45) is 5.02. The number of methoxy groups -OCH3 is 1. The van der Waals surface area contributed by atoms with E-state index in [1.807, 2.05) is 38.5 Å². The van der Waals surface area contributed by atoms with E-state index in [9.17, 15) is 9.18 Å². The van der Waals surface area contributed by atoms with Gasteiger partial charge in [0.05, 0.1) is 52.8 Å². The summed E-state index contributed by atoms with van der Waals surface area (Å²) in [6, 6.07) is 9.50. The molecule has 0 saturated carbocycles. The number of benzene rings is 1. The number of ether oxygens (including phenoxy) is 1. The number of pyridine rings is 1. The van der Waals surface area contributed by atoms with Gasteiger partial charge in [0.2, 0.25) is 5.95 Å². The molecule has 3 aromatic heterocycles. The van der Waals surface area contributed by atoms with Gasteiger partial charge < -0.3 is 25.2 Å². The topological polar surface area (TPSA) is 99.9 Å². The summed E-state index contributed by atoms with van der Waals surface area (Å²) in [6.45, 7) is 4.59. The predicted molar refractivity (Wildman–Crippen MR) is 146 cm³/mol. The highest BCUT2D eigenvalue weighted by atomic mass is 35.5. The lowest BCUT2D eigenvalue weighted by Crippen LogP contribution is -2.57. The lowest BCUT2D eigenvalue weighted by Gasteiger charge is -2.45. The van der Waals surface area contributed by atoms with E-state index in [1.54, 1.807) is 22.8 Å². The molecule has 1 fully saturated rings. The second kappa shape index (κ2) is 10.3. The maximum absolute atomic E-state index is 13.6. The van der Waals surface area contributed by atoms with E-state index >= 15 is 0 Å². The van der Waals surface area contributed by atoms with Gasteiger partial charge in [0.1, 0.15) is 5.75 Å². The Morgan fingerprint density at radius 1 is 1.24 bits per heavy atom. The highest BCUT2D eigenvalue weighted by Crippen LogP contribution is 2.40. The third kappa shape index (κ3) is 4.85. The Balaban J connectivity index is 1.51. The van der Waals surface area contributed by atoms with Crippen LogP contribution >= 0.6 is 11.6 Å². The number of halogens is 2. The molecule has 0 spiro atoms. The number of anilines is 4. The van der Waals surface area contributed by atoms with Gasteiger partial charge in [-0.1, -0.05) is 24.2 Å². The summed E-state index contributed by atoms with van der Waals surface area (Å²) < 4.78 is 21.0. The number of hydrogen-bond donors (Lipinski definition) is 2. The first kappa shape index (κ1) is 25.4. The molecule has 1 aliphatic rings. The second-order valence-corrected chi connectivity index (χ2v) is 9.46. The average Bonchev–Trinajstić information content (AvgIpc) is 3.29. The number of likely N-dealkylation sites (N-methyl/N-ethyl adjacent to an activating group) is 1. The molecule has 2 N–H and O–H groups in total. The van der Waals surface area contributed by atoms with Crippen LogP contribution in [0.15, 0.2) is 61.3 Å². The minimum Gasteiger partial charge on any atom is -0.494 e. The fourth-order valence-corrected chi connectivity index (χ4v) is 4.41. The Morgan fingerprint density at radius 2 is 2.03 bits per heavy atom. The van der Waals surface area contributed by atoms with Crippen LogP contribution in [0.5, 0.6) is 5.75 Å². The van der Waals surface area contributed by atoms with Gasteiger partial charge in [0.25, 0.3) is 5.91 Å². The quantitative estimate of drug-likeness (QED) is 0.320. The molecule has 196 valence electrons. The number of carbonyl (C=O) groups excluding carboxylic acids is 1. The number of aromatic nitrogens is 4. The van der Waals surface area contributed by atoms with Gasteiger partial charge in [-0.25, -0.2) is 18.9 Å². The van der Waals surface area contributed by atoms with Crippen molar-refractivity contribution in [2.24, 2.45) is 0 Å². The molecule has 0 radical (unpaired) electrons. The number of fused-ring (bicyclic) bond motifs is 1. The van der Waals surface area contributed by atoms with Crippen LogP contribution in [0.4, 0.5) is 27.4 Å². The van der Waals surface area contributed by atoms with E-state index in [1.165, 1.54) is 13.3 Å². The van der Waals surface area contributed by atoms with Crippen LogP contribution in [0.1, 0.15) is 0 Å². The molecule has 0 aliphatic carbocycles. The van der Waals surface area contributed by atoms with E-state index in [-0.39, 0.29) is 5.95 Å². The molecular formula is C26H26ClFN8O2. The van der Waals surface area contributed by atoms with Crippen LogP contribution in [0, 0.1) is 0 Å². The lowest BCUT2D eigenvalue weighted by molar-refractivity contribution is -0.114. The number of hydrogen-bond acceptors (Lipinski definition) is 8. The molecule has 0 unspecified atom stereocenters. The zero-order valence-electron chi connectivity index (χ0n) is 21.1. The van der Waals surface area contributed by atoms with Crippen LogP contribution in [-0.2, 0) is 4.79 Å². The van der Waals surface area contributed by atoms with Crippen molar-refractivity contribution in [1.82, 2.24) is 24.5 Å². The molecule has 10 nitrogen and oxygen atoms in total. The molecule has 1 aliphatic heterocycles. The highest BCUT2D eigenvalue weighted by molar-refractivity contribution is 6.33. The highest BCUT2D eigenvalue weighted by Gasteiger charge is 2.31. The molecule has 4 aromatic rings. The fourth-order valence-electron chi connectivity index (χ4n) is 4.22. The molecule has 5 rings (SSSR count). The van der Waals surface area contributed by atoms with Crippen LogP contribution in [0.3, 0.4) is 0 Å². The number of amides is 1. The summed E-state index contributed by atoms with van der Waals surface area (Å²) in [4.78, 5) is 25.4. The maximum atomic E-state index is 13.6. The molecule has 12 heteroatoms. The van der Waals surface area contributed by atoms with Gasteiger partial charge in [0.15, 0.2) is 5.83 Å². The Morgan fingerprint density at radius 3 is 2.74 bits per heavy atom. The van der Waals surface area contributed by atoms with Crippen molar-refractivity contribution in [2.75, 3.05) is 49.8 Å². The zero-order valence-corrected chi connectivity index (χ0v) is 21.8. The van der Waals surface area contributed by atoms with Crippen LogP contribution < -0.4 is 20.3 Å². The first-order valence-electron chi connectivity index (χ1n) is 11.8. The average molecular weight is 537 g/mol. The van der Waals surface area contributed by atoms with Crippen molar-refractivity contribution in [3.63, 3.8) is 0 Å². The number of nitrogens with zero attached hydrogens (tertiary/aromatic N) is 6. The van der Waals surface area contributed by atoms with Gasteiger partial charge in [0, 0.05) is 37.0 Å². The van der Waals surface area contributed by atoms with Gasteiger partial charge in [-0.15, -0.1) is 0 Å². The summed E-state index contributed by atoms with van der Waals surface area (Å²) in [7, 11) is 5.56. The summed E-state index contributed by atoms with van der Waals surface area (Å²) in [5.41, 5.74) is 3.64.